The maximum atomic E-state index is 9.49. The van der Waals surface area contributed by atoms with Crippen LogP contribution in [0.2, 0.25) is 0 Å². The van der Waals surface area contributed by atoms with Crippen molar-refractivity contribution < 1.29 is 8.83 Å². The molecule has 5 rings (SSSR count). The summed E-state index contributed by atoms with van der Waals surface area (Å²) in [4.78, 5) is 4.36. The zero-order chi connectivity index (χ0) is 19.3. The standard InChI is InChI=1S/C22H14N4O2/c23-11-15-14(17-6-3-9-27-17)10-16(26-22(15)25)21-20(24)19-13-5-2-1-4-12(13)7-8-18(19)28-21/h1-10H,24H2,(H2,25,26). The topological polar surface area (TPSA) is 115 Å². The van der Waals surface area contributed by atoms with Crippen molar-refractivity contribution in [3.8, 4) is 28.8 Å². The lowest BCUT2D eigenvalue weighted by Gasteiger charge is -2.07. The second-order valence-corrected chi connectivity index (χ2v) is 6.41. The number of hydrogen-bond acceptors (Lipinski definition) is 6. The second-order valence-electron chi connectivity index (χ2n) is 6.41. The van der Waals surface area contributed by atoms with Crippen LogP contribution < -0.4 is 11.5 Å². The number of nitrogens with zero attached hydrogens (tertiary/aromatic N) is 2. The van der Waals surface area contributed by atoms with Crippen molar-refractivity contribution in [3.63, 3.8) is 0 Å². The van der Waals surface area contributed by atoms with Gasteiger partial charge in [-0.2, -0.15) is 5.26 Å². The van der Waals surface area contributed by atoms with E-state index in [1.165, 1.54) is 6.26 Å². The Morgan fingerprint density at radius 3 is 2.64 bits per heavy atom. The Balaban J connectivity index is 1.80. The molecular weight excluding hydrogens is 352 g/mol. The van der Waals surface area contributed by atoms with Gasteiger partial charge in [0, 0.05) is 5.56 Å². The van der Waals surface area contributed by atoms with Crippen LogP contribution in [0.4, 0.5) is 11.5 Å². The summed E-state index contributed by atoms with van der Waals surface area (Å²) in [6, 6.07) is 19.1. The van der Waals surface area contributed by atoms with E-state index in [1.807, 2.05) is 36.4 Å². The number of anilines is 2. The first-order chi connectivity index (χ1) is 13.7. The molecule has 0 spiro atoms. The van der Waals surface area contributed by atoms with Crippen LogP contribution >= 0.6 is 0 Å². The molecule has 4 N–H and O–H groups in total. The van der Waals surface area contributed by atoms with Gasteiger partial charge in [-0.15, -0.1) is 0 Å². The van der Waals surface area contributed by atoms with E-state index in [9.17, 15) is 5.26 Å². The third-order valence-corrected chi connectivity index (χ3v) is 4.80. The zero-order valence-corrected chi connectivity index (χ0v) is 14.6. The van der Waals surface area contributed by atoms with Gasteiger partial charge in [0.2, 0.25) is 0 Å². The summed E-state index contributed by atoms with van der Waals surface area (Å²) < 4.78 is 11.5. The highest BCUT2D eigenvalue weighted by Crippen LogP contribution is 2.41. The van der Waals surface area contributed by atoms with E-state index >= 15 is 0 Å². The van der Waals surface area contributed by atoms with Crippen molar-refractivity contribution in [2.45, 2.75) is 0 Å². The van der Waals surface area contributed by atoms with Crippen molar-refractivity contribution in [1.29, 1.82) is 5.26 Å². The van der Waals surface area contributed by atoms with Gasteiger partial charge in [-0.3, -0.25) is 0 Å². The highest BCUT2D eigenvalue weighted by Gasteiger charge is 2.21. The van der Waals surface area contributed by atoms with Gasteiger partial charge in [0.1, 0.15) is 34.5 Å². The third-order valence-electron chi connectivity index (χ3n) is 4.80. The maximum Gasteiger partial charge on any atom is 0.176 e. The number of pyridine rings is 1. The molecule has 134 valence electrons. The number of nitriles is 1. The Morgan fingerprint density at radius 2 is 1.86 bits per heavy atom. The quantitative estimate of drug-likeness (QED) is 0.457. The van der Waals surface area contributed by atoms with E-state index in [2.05, 4.69) is 11.1 Å². The van der Waals surface area contributed by atoms with E-state index in [0.29, 0.717) is 34.0 Å². The largest absolute Gasteiger partial charge is 0.464 e. The normalized spacial score (nSPS) is 11.1. The van der Waals surface area contributed by atoms with Crippen LogP contribution in [-0.2, 0) is 0 Å². The monoisotopic (exact) mass is 366 g/mol. The van der Waals surface area contributed by atoms with E-state index in [1.54, 1.807) is 18.2 Å². The molecule has 0 amide bonds. The van der Waals surface area contributed by atoms with E-state index in [0.717, 1.165) is 16.2 Å². The lowest BCUT2D eigenvalue weighted by molar-refractivity contribution is 0.582. The van der Waals surface area contributed by atoms with Crippen LogP contribution in [0, 0.1) is 11.3 Å². The molecule has 3 aromatic heterocycles. The summed E-state index contributed by atoms with van der Waals surface area (Å²) in [6.07, 6.45) is 1.54. The molecule has 0 aliphatic rings. The molecule has 6 nitrogen and oxygen atoms in total. The lowest BCUT2D eigenvalue weighted by Crippen LogP contribution is -2.00. The zero-order valence-electron chi connectivity index (χ0n) is 14.6. The number of fused-ring (bicyclic) bond motifs is 3. The first-order valence-corrected chi connectivity index (χ1v) is 8.62. The smallest absolute Gasteiger partial charge is 0.176 e. The summed E-state index contributed by atoms with van der Waals surface area (Å²) in [7, 11) is 0. The van der Waals surface area contributed by atoms with E-state index in [4.69, 9.17) is 20.3 Å². The molecular formula is C22H14N4O2. The van der Waals surface area contributed by atoms with Gasteiger partial charge in [-0.05, 0) is 35.0 Å². The molecule has 0 bridgehead atoms. The Bertz CT molecular complexity index is 1390. The molecule has 2 aromatic carbocycles. The molecule has 3 heterocycles. The van der Waals surface area contributed by atoms with Crippen molar-refractivity contribution >= 4 is 33.2 Å². The maximum absolute atomic E-state index is 9.49. The molecule has 0 atom stereocenters. The second kappa shape index (κ2) is 5.89. The molecule has 5 aromatic rings. The first kappa shape index (κ1) is 16.0. The number of benzene rings is 2. The fourth-order valence-corrected chi connectivity index (χ4v) is 3.51. The molecule has 0 unspecified atom stereocenters. The van der Waals surface area contributed by atoms with Crippen LogP contribution in [0.1, 0.15) is 5.56 Å². The van der Waals surface area contributed by atoms with E-state index in [-0.39, 0.29) is 11.4 Å². The van der Waals surface area contributed by atoms with Gasteiger partial charge >= 0.3 is 0 Å². The highest BCUT2D eigenvalue weighted by molar-refractivity contribution is 6.14. The van der Waals surface area contributed by atoms with Crippen molar-refractivity contribution in [3.05, 3.63) is 66.4 Å². The molecule has 0 saturated carbocycles. The summed E-state index contributed by atoms with van der Waals surface area (Å²) in [5.74, 6) is 1.03. The van der Waals surface area contributed by atoms with Crippen LogP contribution in [0.3, 0.4) is 0 Å². The number of furan rings is 2. The fraction of sp³-hybridized carbons (Fsp3) is 0. The average molecular weight is 366 g/mol. The predicted molar refractivity (Wildman–Crippen MR) is 108 cm³/mol. The summed E-state index contributed by atoms with van der Waals surface area (Å²) >= 11 is 0. The Labute approximate surface area is 159 Å². The minimum absolute atomic E-state index is 0.0936. The Kier molecular flexibility index (Phi) is 3.36. The number of nitrogens with two attached hydrogens (primary N) is 2. The van der Waals surface area contributed by atoms with Crippen LogP contribution in [0.15, 0.2) is 69.7 Å². The third kappa shape index (κ3) is 2.24. The molecule has 0 fully saturated rings. The predicted octanol–water partition coefficient (Wildman–Crippen LogP) is 4.94. The minimum atomic E-state index is 0.0936. The van der Waals surface area contributed by atoms with Gasteiger partial charge in [-0.1, -0.05) is 30.3 Å². The van der Waals surface area contributed by atoms with Crippen LogP contribution in [-0.4, -0.2) is 4.98 Å². The SMILES string of the molecule is N#Cc1c(-c2ccco2)cc(-c2oc3ccc4ccccc4c3c2N)nc1N. The van der Waals surface area contributed by atoms with Gasteiger partial charge < -0.3 is 20.3 Å². The number of rotatable bonds is 2. The molecule has 0 radical (unpaired) electrons. The lowest BCUT2D eigenvalue weighted by atomic mass is 10.0. The number of nitrogen functional groups attached to an aromatic ring is 2. The fourth-order valence-electron chi connectivity index (χ4n) is 3.51. The van der Waals surface area contributed by atoms with Gasteiger partial charge in [0.25, 0.3) is 0 Å². The Hall–Kier alpha value is -4.24. The Morgan fingerprint density at radius 1 is 1.00 bits per heavy atom. The number of hydrogen-bond donors (Lipinski definition) is 2. The molecule has 0 aliphatic heterocycles. The molecule has 28 heavy (non-hydrogen) atoms. The van der Waals surface area contributed by atoms with E-state index < -0.39 is 0 Å². The molecule has 0 aliphatic carbocycles. The average Bonchev–Trinajstić information content (AvgIpc) is 3.36. The number of aromatic nitrogens is 1. The van der Waals surface area contributed by atoms with Crippen LogP contribution in [0.5, 0.6) is 0 Å². The van der Waals surface area contributed by atoms with Gasteiger partial charge in [0.05, 0.1) is 17.3 Å². The first-order valence-electron chi connectivity index (χ1n) is 8.62. The van der Waals surface area contributed by atoms with Gasteiger partial charge in [-0.25, -0.2) is 4.98 Å². The molecule has 0 saturated heterocycles. The summed E-state index contributed by atoms with van der Waals surface area (Å²) in [6.45, 7) is 0. The molecule has 6 heteroatoms. The van der Waals surface area contributed by atoms with Gasteiger partial charge in [0.15, 0.2) is 5.76 Å². The van der Waals surface area contributed by atoms with Crippen molar-refractivity contribution in [2.75, 3.05) is 11.5 Å². The summed E-state index contributed by atoms with van der Waals surface area (Å²) in [5.41, 5.74) is 14.9. The van der Waals surface area contributed by atoms with Crippen molar-refractivity contribution in [2.24, 2.45) is 0 Å². The van der Waals surface area contributed by atoms with Crippen LogP contribution in [0.25, 0.3) is 44.5 Å². The highest BCUT2D eigenvalue weighted by atomic mass is 16.3. The minimum Gasteiger partial charge on any atom is -0.464 e. The summed E-state index contributed by atoms with van der Waals surface area (Å²) in [5, 5.41) is 12.4. The van der Waals surface area contributed by atoms with Crippen molar-refractivity contribution in [1.82, 2.24) is 4.98 Å².